The van der Waals surface area contributed by atoms with Crippen LogP contribution in [0.3, 0.4) is 0 Å². The van der Waals surface area contributed by atoms with Gasteiger partial charge in [-0.25, -0.2) is 8.78 Å². The monoisotopic (exact) mass is 345 g/mol. The largest absolute Gasteiger partial charge is 0.341 e. The number of likely N-dealkylation sites (tertiary alicyclic amines) is 1. The van der Waals surface area contributed by atoms with Crippen LogP contribution in [0.5, 0.6) is 0 Å². The number of nitrogens with zero attached hydrogens (tertiary/aromatic N) is 2. The van der Waals surface area contributed by atoms with Gasteiger partial charge in [-0.2, -0.15) is 0 Å². The van der Waals surface area contributed by atoms with Crippen LogP contribution in [0.2, 0.25) is 0 Å². The highest BCUT2D eigenvalue weighted by Gasteiger charge is 2.39. The molecule has 0 bridgehead atoms. The minimum absolute atomic E-state index is 0. The van der Waals surface area contributed by atoms with Gasteiger partial charge in [0.25, 0.3) is 0 Å². The molecule has 23 heavy (non-hydrogen) atoms. The van der Waals surface area contributed by atoms with E-state index in [-0.39, 0.29) is 48.9 Å². The van der Waals surface area contributed by atoms with Crippen molar-refractivity contribution >= 4 is 29.9 Å². The van der Waals surface area contributed by atoms with Gasteiger partial charge in [0.15, 0.2) is 0 Å². The zero-order chi connectivity index (χ0) is 15.9. The van der Waals surface area contributed by atoms with Crippen LogP contribution >= 0.6 is 12.4 Å². The summed E-state index contributed by atoms with van der Waals surface area (Å²) >= 11 is 0. The molecule has 1 aromatic rings. The van der Waals surface area contributed by atoms with Gasteiger partial charge in [0.1, 0.15) is 11.6 Å². The molecule has 2 fully saturated rings. The lowest BCUT2D eigenvalue weighted by molar-refractivity contribution is -0.134. The molecule has 0 aliphatic carbocycles. The third-order valence-corrected chi connectivity index (χ3v) is 4.21. The second-order valence-corrected chi connectivity index (χ2v) is 5.83. The van der Waals surface area contributed by atoms with Crippen LogP contribution in [-0.4, -0.2) is 42.4 Å². The van der Waals surface area contributed by atoms with Gasteiger partial charge in [-0.05, 0) is 18.6 Å². The third kappa shape index (κ3) is 3.45. The van der Waals surface area contributed by atoms with Crippen LogP contribution in [0.1, 0.15) is 12.8 Å². The Labute approximate surface area is 138 Å². The Kier molecular flexibility index (Phi) is 5.21. The van der Waals surface area contributed by atoms with Crippen LogP contribution in [0, 0.1) is 17.6 Å². The fourth-order valence-electron chi connectivity index (χ4n) is 3.05. The Balaban J connectivity index is 0.00000192. The molecular weight excluding hydrogens is 328 g/mol. The van der Waals surface area contributed by atoms with E-state index in [1.54, 1.807) is 4.90 Å². The summed E-state index contributed by atoms with van der Waals surface area (Å²) in [6, 6.07) is 3.03. The zero-order valence-electron chi connectivity index (χ0n) is 12.4. The standard InChI is InChI=1S/C15H17F2N3O2.ClH/c16-10-1-2-13(12(17)6-10)20-7-9(5-14(20)21)15(22)19-4-3-11(18)8-19;/h1-2,6,9,11H,3-5,7-8,18H2;1H/t9?,11-;/m1./s1. The Morgan fingerprint density at radius 2 is 2.00 bits per heavy atom. The molecule has 2 aliphatic heterocycles. The summed E-state index contributed by atoms with van der Waals surface area (Å²) in [6.07, 6.45) is 0.796. The average Bonchev–Trinajstić information content (AvgIpc) is 3.05. The van der Waals surface area contributed by atoms with E-state index >= 15 is 0 Å². The van der Waals surface area contributed by atoms with Crippen molar-refractivity contribution in [3.05, 3.63) is 29.8 Å². The first-order valence-electron chi connectivity index (χ1n) is 7.25. The van der Waals surface area contributed by atoms with Gasteiger partial charge in [0.05, 0.1) is 11.6 Å². The van der Waals surface area contributed by atoms with E-state index in [0.29, 0.717) is 13.1 Å². The van der Waals surface area contributed by atoms with E-state index in [9.17, 15) is 18.4 Å². The van der Waals surface area contributed by atoms with Crippen LogP contribution in [0.15, 0.2) is 18.2 Å². The Hall–Kier alpha value is -1.73. The smallest absolute Gasteiger partial charge is 0.228 e. The van der Waals surface area contributed by atoms with Gasteiger partial charge in [-0.3, -0.25) is 9.59 Å². The molecule has 2 amide bonds. The number of rotatable bonds is 2. The molecule has 2 heterocycles. The van der Waals surface area contributed by atoms with Gasteiger partial charge in [0, 0.05) is 38.2 Å². The molecular formula is C15H18ClF2N3O2. The summed E-state index contributed by atoms with van der Waals surface area (Å²) in [5.41, 5.74) is 5.80. The molecule has 0 radical (unpaired) electrons. The Morgan fingerprint density at radius 1 is 1.26 bits per heavy atom. The number of amides is 2. The number of halogens is 3. The topological polar surface area (TPSA) is 66.6 Å². The lowest BCUT2D eigenvalue weighted by Gasteiger charge is -2.21. The van der Waals surface area contributed by atoms with Crippen molar-refractivity contribution in [1.82, 2.24) is 4.90 Å². The maximum Gasteiger partial charge on any atom is 0.228 e. The molecule has 2 aliphatic rings. The van der Waals surface area contributed by atoms with Gasteiger partial charge >= 0.3 is 0 Å². The third-order valence-electron chi connectivity index (χ3n) is 4.21. The van der Waals surface area contributed by atoms with Gasteiger partial charge in [-0.15, -0.1) is 12.4 Å². The number of nitrogens with two attached hydrogens (primary N) is 1. The Morgan fingerprint density at radius 3 is 2.61 bits per heavy atom. The number of hydrogen-bond donors (Lipinski definition) is 1. The highest BCUT2D eigenvalue weighted by Crippen LogP contribution is 2.29. The molecule has 0 saturated carbocycles. The Bertz CT molecular complexity index is 629. The molecule has 8 heteroatoms. The van der Waals surface area contributed by atoms with E-state index in [0.717, 1.165) is 18.6 Å². The summed E-state index contributed by atoms with van der Waals surface area (Å²) in [5, 5.41) is 0. The lowest BCUT2D eigenvalue weighted by Crippen LogP contribution is -2.37. The SMILES string of the molecule is Cl.N[C@@H]1CCN(C(=O)C2CC(=O)N(c3ccc(F)cc3F)C2)C1. The van der Waals surface area contributed by atoms with Gasteiger partial charge in [0.2, 0.25) is 11.8 Å². The average molecular weight is 346 g/mol. The van der Waals surface area contributed by atoms with Crippen molar-refractivity contribution in [3.8, 4) is 0 Å². The molecule has 1 aromatic carbocycles. The molecule has 2 atom stereocenters. The van der Waals surface area contributed by atoms with E-state index in [2.05, 4.69) is 0 Å². The van der Waals surface area contributed by atoms with Crippen molar-refractivity contribution in [3.63, 3.8) is 0 Å². The summed E-state index contributed by atoms with van der Waals surface area (Å²) in [6.45, 7) is 1.20. The number of benzene rings is 1. The highest BCUT2D eigenvalue weighted by atomic mass is 35.5. The van der Waals surface area contributed by atoms with Gasteiger partial charge < -0.3 is 15.5 Å². The van der Waals surface area contributed by atoms with Crippen molar-refractivity contribution in [1.29, 1.82) is 0 Å². The van der Waals surface area contributed by atoms with Crippen LogP contribution in [-0.2, 0) is 9.59 Å². The molecule has 5 nitrogen and oxygen atoms in total. The summed E-state index contributed by atoms with van der Waals surface area (Å²) in [7, 11) is 0. The molecule has 0 spiro atoms. The fraction of sp³-hybridized carbons (Fsp3) is 0.467. The lowest BCUT2D eigenvalue weighted by atomic mass is 10.1. The molecule has 126 valence electrons. The predicted molar refractivity (Wildman–Crippen MR) is 83.2 cm³/mol. The maximum absolute atomic E-state index is 13.8. The van der Waals surface area contributed by atoms with E-state index < -0.39 is 17.6 Å². The fourth-order valence-corrected chi connectivity index (χ4v) is 3.05. The number of carbonyl (C=O) groups excluding carboxylic acids is 2. The van der Waals surface area contributed by atoms with Crippen molar-refractivity contribution < 1.29 is 18.4 Å². The first-order chi connectivity index (χ1) is 10.5. The van der Waals surface area contributed by atoms with Crippen LogP contribution < -0.4 is 10.6 Å². The molecule has 1 unspecified atom stereocenters. The number of carbonyl (C=O) groups is 2. The number of hydrogen-bond acceptors (Lipinski definition) is 3. The molecule has 2 saturated heterocycles. The highest BCUT2D eigenvalue weighted by molar-refractivity contribution is 6.00. The maximum atomic E-state index is 13.8. The normalized spacial score (nSPS) is 24.0. The summed E-state index contributed by atoms with van der Waals surface area (Å²) in [5.74, 6) is -2.45. The van der Waals surface area contributed by atoms with Crippen molar-refractivity contribution in [2.75, 3.05) is 24.5 Å². The summed E-state index contributed by atoms with van der Waals surface area (Å²) < 4.78 is 26.8. The minimum atomic E-state index is -0.801. The molecule has 3 rings (SSSR count). The van der Waals surface area contributed by atoms with E-state index in [1.807, 2.05) is 0 Å². The predicted octanol–water partition coefficient (Wildman–Crippen LogP) is 1.30. The first kappa shape index (κ1) is 17.6. The van der Waals surface area contributed by atoms with E-state index in [4.69, 9.17) is 5.73 Å². The van der Waals surface area contributed by atoms with Gasteiger partial charge in [-0.1, -0.05) is 0 Å². The van der Waals surface area contributed by atoms with Crippen molar-refractivity contribution in [2.24, 2.45) is 11.7 Å². The van der Waals surface area contributed by atoms with Crippen LogP contribution in [0.25, 0.3) is 0 Å². The second-order valence-electron chi connectivity index (χ2n) is 5.83. The van der Waals surface area contributed by atoms with Crippen LogP contribution in [0.4, 0.5) is 14.5 Å². The van der Waals surface area contributed by atoms with E-state index in [1.165, 1.54) is 11.0 Å². The molecule has 0 aromatic heterocycles. The quantitative estimate of drug-likeness (QED) is 0.878. The van der Waals surface area contributed by atoms with Crippen molar-refractivity contribution in [2.45, 2.75) is 18.9 Å². The first-order valence-corrected chi connectivity index (χ1v) is 7.25. The minimum Gasteiger partial charge on any atom is -0.341 e. The zero-order valence-corrected chi connectivity index (χ0v) is 13.2. The summed E-state index contributed by atoms with van der Waals surface area (Å²) in [4.78, 5) is 27.3. The second kappa shape index (κ2) is 6.80. The number of anilines is 1. The molecule has 2 N–H and O–H groups in total.